The first-order valence-electron chi connectivity index (χ1n) is 5.70. The fourth-order valence-corrected chi connectivity index (χ4v) is 3.93. The SMILES string of the molecule is CCNC(CSC(C)C)Cc1sccc1Br. The first-order chi connectivity index (χ1) is 7.63. The molecule has 1 unspecified atom stereocenters. The van der Waals surface area contributed by atoms with Crippen molar-refractivity contribution in [2.24, 2.45) is 0 Å². The van der Waals surface area contributed by atoms with Gasteiger partial charge in [0.15, 0.2) is 0 Å². The summed E-state index contributed by atoms with van der Waals surface area (Å²) in [4.78, 5) is 1.45. The smallest absolute Gasteiger partial charge is 0.0314 e. The number of thioether (sulfide) groups is 1. The number of likely N-dealkylation sites (N-methyl/N-ethyl adjacent to an activating group) is 1. The van der Waals surface area contributed by atoms with Gasteiger partial charge in [-0.15, -0.1) is 11.3 Å². The molecular formula is C12H20BrNS2. The summed E-state index contributed by atoms with van der Waals surface area (Å²) in [5.41, 5.74) is 0. The molecule has 1 rings (SSSR count). The van der Waals surface area contributed by atoms with Crippen molar-refractivity contribution < 1.29 is 0 Å². The van der Waals surface area contributed by atoms with E-state index in [2.05, 4.69) is 53.5 Å². The van der Waals surface area contributed by atoms with Crippen molar-refractivity contribution in [3.63, 3.8) is 0 Å². The zero-order valence-electron chi connectivity index (χ0n) is 10.1. The average Bonchev–Trinajstić information content (AvgIpc) is 2.61. The van der Waals surface area contributed by atoms with E-state index in [4.69, 9.17) is 0 Å². The van der Waals surface area contributed by atoms with Crippen molar-refractivity contribution in [1.82, 2.24) is 5.32 Å². The molecule has 0 amide bonds. The van der Waals surface area contributed by atoms with Crippen molar-refractivity contribution in [2.75, 3.05) is 12.3 Å². The number of halogens is 1. The van der Waals surface area contributed by atoms with Crippen LogP contribution in [-0.2, 0) is 6.42 Å². The lowest BCUT2D eigenvalue weighted by atomic mass is 10.2. The number of thiophene rings is 1. The molecule has 0 fully saturated rings. The molecule has 0 aliphatic carbocycles. The lowest BCUT2D eigenvalue weighted by molar-refractivity contribution is 0.575. The fraction of sp³-hybridized carbons (Fsp3) is 0.667. The molecule has 0 aromatic carbocycles. The zero-order valence-corrected chi connectivity index (χ0v) is 13.3. The zero-order chi connectivity index (χ0) is 12.0. The molecule has 4 heteroatoms. The summed E-state index contributed by atoms with van der Waals surface area (Å²) in [5.74, 6) is 1.19. The van der Waals surface area contributed by atoms with Gasteiger partial charge in [-0.2, -0.15) is 11.8 Å². The minimum Gasteiger partial charge on any atom is -0.313 e. The second-order valence-electron chi connectivity index (χ2n) is 4.03. The minimum absolute atomic E-state index is 0.590. The van der Waals surface area contributed by atoms with Gasteiger partial charge in [-0.25, -0.2) is 0 Å². The summed E-state index contributed by atoms with van der Waals surface area (Å²) in [5, 5.41) is 6.43. The third kappa shape index (κ3) is 5.21. The van der Waals surface area contributed by atoms with E-state index in [-0.39, 0.29) is 0 Å². The number of hydrogen-bond donors (Lipinski definition) is 1. The van der Waals surface area contributed by atoms with Gasteiger partial charge in [-0.05, 0) is 45.6 Å². The summed E-state index contributed by atoms with van der Waals surface area (Å²) >= 11 is 7.48. The van der Waals surface area contributed by atoms with Crippen LogP contribution >= 0.6 is 39.0 Å². The third-order valence-corrected chi connectivity index (χ3v) is 5.46. The Hall–Kier alpha value is 0.490. The average molecular weight is 322 g/mol. The van der Waals surface area contributed by atoms with E-state index < -0.39 is 0 Å². The maximum absolute atomic E-state index is 3.60. The van der Waals surface area contributed by atoms with Gasteiger partial charge >= 0.3 is 0 Å². The molecule has 92 valence electrons. The van der Waals surface area contributed by atoms with Crippen molar-refractivity contribution in [3.05, 3.63) is 20.8 Å². The lowest BCUT2D eigenvalue weighted by Gasteiger charge is -2.18. The molecule has 0 saturated carbocycles. The molecule has 1 nitrogen and oxygen atoms in total. The van der Waals surface area contributed by atoms with Crippen LogP contribution in [0.25, 0.3) is 0 Å². The monoisotopic (exact) mass is 321 g/mol. The Kier molecular flexibility index (Phi) is 7.04. The summed E-state index contributed by atoms with van der Waals surface area (Å²) in [6, 6.07) is 2.73. The van der Waals surface area contributed by atoms with Crippen LogP contribution in [0, 0.1) is 0 Å². The standard InChI is InChI=1S/C12H20BrNS2/c1-4-14-10(8-16-9(2)3)7-12-11(13)5-6-15-12/h5-6,9-10,14H,4,7-8H2,1-3H3. The Morgan fingerprint density at radius 2 is 2.25 bits per heavy atom. The second-order valence-corrected chi connectivity index (χ2v) is 7.50. The first kappa shape index (κ1) is 14.6. The molecule has 1 heterocycles. The molecule has 1 N–H and O–H groups in total. The highest BCUT2D eigenvalue weighted by Gasteiger charge is 2.12. The molecule has 0 aliphatic heterocycles. The molecule has 1 aromatic rings. The van der Waals surface area contributed by atoms with Gasteiger partial charge < -0.3 is 5.32 Å². The van der Waals surface area contributed by atoms with E-state index in [1.165, 1.54) is 15.1 Å². The summed E-state index contributed by atoms with van der Waals surface area (Å²) < 4.78 is 1.26. The van der Waals surface area contributed by atoms with E-state index in [1.807, 2.05) is 23.1 Å². The molecule has 0 spiro atoms. The fourth-order valence-electron chi connectivity index (χ4n) is 1.48. The van der Waals surface area contributed by atoms with Crippen LogP contribution in [0.1, 0.15) is 25.6 Å². The first-order valence-corrected chi connectivity index (χ1v) is 8.42. The Bertz CT molecular complexity index is 299. The van der Waals surface area contributed by atoms with E-state index in [0.29, 0.717) is 11.3 Å². The van der Waals surface area contributed by atoms with Crippen LogP contribution in [0.2, 0.25) is 0 Å². The van der Waals surface area contributed by atoms with E-state index >= 15 is 0 Å². The highest BCUT2D eigenvalue weighted by Crippen LogP contribution is 2.25. The maximum atomic E-state index is 3.60. The van der Waals surface area contributed by atoms with Crippen LogP contribution in [-0.4, -0.2) is 23.6 Å². The van der Waals surface area contributed by atoms with Crippen molar-refractivity contribution in [3.8, 4) is 0 Å². The van der Waals surface area contributed by atoms with Crippen LogP contribution in [0.3, 0.4) is 0 Å². The quantitative estimate of drug-likeness (QED) is 0.808. The van der Waals surface area contributed by atoms with Crippen molar-refractivity contribution >= 4 is 39.0 Å². The largest absolute Gasteiger partial charge is 0.313 e. The van der Waals surface area contributed by atoms with Gasteiger partial charge in [0.1, 0.15) is 0 Å². The number of nitrogens with one attached hydrogen (secondary N) is 1. The van der Waals surface area contributed by atoms with Gasteiger partial charge in [-0.1, -0.05) is 20.8 Å². The highest BCUT2D eigenvalue weighted by molar-refractivity contribution is 9.10. The van der Waals surface area contributed by atoms with Crippen LogP contribution in [0.15, 0.2) is 15.9 Å². The minimum atomic E-state index is 0.590. The second kappa shape index (κ2) is 7.75. The predicted molar refractivity (Wildman–Crippen MR) is 80.8 cm³/mol. The van der Waals surface area contributed by atoms with Crippen LogP contribution in [0.5, 0.6) is 0 Å². The third-order valence-electron chi connectivity index (χ3n) is 2.25. The van der Waals surface area contributed by atoms with Gasteiger partial charge in [0, 0.05) is 21.1 Å². The molecule has 0 aliphatic rings. The maximum Gasteiger partial charge on any atom is 0.0314 e. The highest BCUT2D eigenvalue weighted by atomic mass is 79.9. The Balaban J connectivity index is 2.47. The van der Waals surface area contributed by atoms with Gasteiger partial charge in [-0.3, -0.25) is 0 Å². The van der Waals surface area contributed by atoms with Crippen molar-refractivity contribution in [2.45, 2.75) is 38.5 Å². The summed E-state index contributed by atoms with van der Waals surface area (Å²) in [6.45, 7) is 7.74. The van der Waals surface area contributed by atoms with Gasteiger partial charge in [0.25, 0.3) is 0 Å². The summed E-state index contributed by atoms with van der Waals surface area (Å²) in [6.07, 6.45) is 1.13. The van der Waals surface area contributed by atoms with E-state index in [9.17, 15) is 0 Å². The molecule has 0 saturated heterocycles. The number of hydrogen-bond acceptors (Lipinski definition) is 3. The Morgan fingerprint density at radius 3 is 2.75 bits per heavy atom. The predicted octanol–water partition coefficient (Wildman–Crippen LogP) is 4.17. The van der Waals surface area contributed by atoms with Crippen LogP contribution in [0.4, 0.5) is 0 Å². The van der Waals surface area contributed by atoms with Gasteiger partial charge in [0.2, 0.25) is 0 Å². The van der Waals surface area contributed by atoms with Crippen molar-refractivity contribution in [1.29, 1.82) is 0 Å². The van der Waals surface area contributed by atoms with E-state index in [0.717, 1.165) is 13.0 Å². The lowest BCUT2D eigenvalue weighted by Crippen LogP contribution is -2.33. The van der Waals surface area contributed by atoms with Gasteiger partial charge in [0.05, 0.1) is 0 Å². The molecule has 0 bridgehead atoms. The normalized spacial score (nSPS) is 13.3. The molecular weight excluding hydrogens is 302 g/mol. The van der Waals surface area contributed by atoms with E-state index in [1.54, 1.807) is 0 Å². The molecule has 16 heavy (non-hydrogen) atoms. The molecule has 1 aromatic heterocycles. The topological polar surface area (TPSA) is 12.0 Å². The molecule has 1 atom stereocenters. The summed E-state index contributed by atoms with van der Waals surface area (Å²) in [7, 11) is 0. The van der Waals surface area contributed by atoms with Crippen LogP contribution < -0.4 is 5.32 Å². The Labute approximate surface area is 116 Å². The number of rotatable bonds is 7. The Morgan fingerprint density at radius 1 is 1.50 bits per heavy atom. The molecule has 0 radical (unpaired) electrons.